The SMILES string of the molecule is CCCC(C)OC(=O)Oc1ccc(C(CC(C)OC(=O)OCC)[C@H](N)C(=O)O)cc1OC(=O)OC(C)CCC. The van der Waals surface area contributed by atoms with Crippen LogP contribution in [-0.4, -0.2) is 60.5 Å². The summed E-state index contributed by atoms with van der Waals surface area (Å²) in [4.78, 5) is 48.3. The molecule has 0 aliphatic rings. The van der Waals surface area contributed by atoms with E-state index in [-0.39, 0.29) is 24.5 Å². The quantitative estimate of drug-likeness (QED) is 0.157. The van der Waals surface area contributed by atoms with Crippen LogP contribution in [0.2, 0.25) is 0 Å². The van der Waals surface area contributed by atoms with Crippen molar-refractivity contribution in [2.45, 2.75) is 104 Å². The van der Waals surface area contributed by atoms with E-state index in [9.17, 15) is 24.3 Å². The van der Waals surface area contributed by atoms with Crippen molar-refractivity contribution in [1.82, 2.24) is 0 Å². The number of hydrogen-bond acceptors (Lipinski definition) is 11. The van der Waals surface area contributed by atoms with Crippen LogP contribution in [0.25, 0.3) is 0 Å². The monoisotopic (exact) mass is 555 g/mol. The zero-order valence-electron chi connectivity index (χ0n) is 23.5. The van der Waals surface area contributed by atoms with Crippen LogP contribution in [0.5, 0.6) is 11.5 Å². The Morgan fingerprint density at radius 3 is 1.79 bits per heavy atom. The molecule has 12 nitrogen and oxygen atoms in total. The second-order valence-corrected chi connectivity index (χ2v) is 9.16. The molecule has 0 saturated carbocycles. The zero-order valence-corrected chi connectivity index (χ0v) is 23.5. The smallest absolute Gasteiger partial charge is 0.480 e. The molecule has 1 rings (SSSR count). The molecule has 0 aliphatic carbocycles. The lowest BCUT2D eigenvalue weighted by atomic mass is 9.87. The number of benzene rings is 1. The Morgan fingerprint density at radius 2 is 1.31 bits per heavy atom. The highest BCUT2D eigenvalue weighted by molar-refractivity contribution is 5.75. The fourth-order valence-corrected chi connectivity index (χ4v) is 3.79. The van der Waals surface area contributed by atoms with Crippen LogP contribution in [0.1, 0.15) is 85.1 Å². The molecule has 1 aromatic rings. The maximum Gasteiger partial charge on any atom is 0.514 e. The highest BCUT2D eigenvalue weighted by atomic mass is 16.8. The number of rotatable bonds is 15. The van der Waals surface area contributed by atoms with Gasteiger partial charge in [-0.15, -0.1) is 0 Å². The number of hydrogen-bond donors (Lipinski definition) is 2. The van der Waals surface area contributed by atoms with E-state index in [0.717, 1.165) is 12.8 Å². The summed E-state index contributed by atoms with van der Waals surface area (Å²) in [7, 11) is 0. The third-order valence-electron chi connectivity index (χ3n) is 5.63. The van der Waals surface area contributed by atoms with E-state index >= 15 is 0 Å². The molecule has 12 heteroatoms. The minimum atomic E-state index is -1.41. The van der Waals surface area contributed by atoms with Gasteiger partial charge in [0.1, 0.15) is 24.4 Å². The van der Waals surface area contributed by atoms with Crippen molar-refractivity contribution in [2.75, 3.05) is 6.61 Å². The minimum Gasteiger partial charge on any atom is -0.480 e. The molecule has 4 unspecified atom stereocenters. The topological polar surface area (TPSA) is 170 Å². The molecule has 0 amide bonds. The summed E-state index contributed by atoms with van der Waals surface area (Å²) < 4.78 is 31.1. The maximum absolute atomic E-state index is 12.5. The van der Waals surface area contributed by atoms with E-state index in [2.05, 4.69) is 0 Å². The molecule has 39 heavy (non-hydrogen) atoms. The predicted molar refractivity (Wildman–Crippen MR) is 140 cm³/mol. The van der Waals surface area contributed by atoms with Gasteiger partial charge in [0.15, 0.2) is 11.5 Å². The van der Waals surface area contributed by atoms with Crippen molar-refractivity contribution in [2.24, 2.45) is 5.73 Å². The molecular weight excluding hydrogens is 514 g/mol. The second-order valence-electron chi connectivity index (χ2n) is 9.16. The fraction of sp³-hybridized carbons (Fsp3) is 0.630. The van der Waals surface area contributed by atoms with E-state index in [1.807, 2.05) is 13.8 Å². The van der Waals surface area contributed by atoms with Gasteiger partial charge in [0, 0.05) is 5.92 Å². The molecule has 220 valence electrons. The zero-order chi connectivity index (χ0) is 29.5. The van der Waals surface area contributed by atoms with Gasteiger partial charge in [-0.2, -0.15) is 0 Å². The maximum atomic E-state index is 12.5. The number of nitrogens with two attached hydrogens (primary N) is 1. The van der Waals surface area contributed by atoms with Crippen LogP contribution in [0, 0.1) is 0 Å². The van der Waals surface area contributed by atoms with E-state index in [4.69, 9.17) is 34.2 Å². The van der Waals surface area contributed by atoms with Crippen LogP contribution in [0.3, 0.4) is 0 Å². The van der Waals surface area contributed by atoms with E-state index in [0.29, 0.717) is 18.4 Å². The van der Waals surface area contributed by atoms with Crippen LogP contribution in [0.4, 0.5) is 14.4 Å². The van der Waals surface area contributed by atoms with Crippen molar-refractivity contribution in [3.8, 4) is 11.5 Å². The molecule has 0 spiro atoms. The summed E-state index contributed by atoms with van der Waals surface area (Å²) in [6, 6.07) is 2.72. The van der Waals surface area contributed by atoms with Crippen molar-refractivity contribution in [3.05, 3.63) is 23.8 Å². The first-order chi connectivity index (χ1) is 18.4. The number of ether oxygens (including phenoxy) is 6. The summed E-state index contributed by atoms with van der Waals surface area (Å²) in [5, 5.41) is 9.61. The highest BCUT2D eigenvalue weighted by Gasteiger charge is 2.30. The summed E-state index contributed by atoms with van der Waals surface area (Å²) in [5.41, 5.74) is 6.30. The van der Waals surface area contributed by atoms with Crippen LogP contribution < -0.4 is 15.2 Å². The molecule has 0 heterocycles. The molecule has 3 N–H and O–H groups in total. The molecular formula is C27H41NO11. The summed E-state index contributed by atoms with van der Waals surface area (Å²) in [5.74, 6) is -2.55. The van der Waals surface area contributed by atoms with E-state index in [1.54, 1.807) is 27.7 Å². The number of carbonyl (C=O) groups is 4. The molecule has 1 aromatic carbocycles. The van der Waals surface area contributed by atoms with E-state index < -0.39 is 54.7 Å². The number of carbonyl (C=O) groups excluding carboxylic acids is 3. The first-order valence-electron chi connectivity index (χ1n) is 13.1. The molecule has 0 fully saturated rings. The van der Waals surface area contributed by atoms with Crippen LogP contribution in [0.15, 0.2) is 18.2 Å². The van der Waals surface area contributed by atoms with E-state index in [1.165, 1.54) is 18.2 Å². The highest BCUT2D eigenvalue weighted by Crippen LogP contribution is 2.35. The Morgan fingerprint density at radius 1 is 0.795 bits per heavy atom. The first kappa shape index (κ1) is 33.5. The Hall–Kier alpha value is -3.54. The first-order valence-corrected chi connectivity index (χ1v) is 13.1. The Labute approximate surface area is 229 Å². The lowest BCUT2D eigenvalue weighted by Crippen LogP contribution is -2.38. The number of aliphatic carboxylic acids is 1. The van der Waals surface area contributed by atoms with Crippen molar-refractivity contribution >= 4 is 24.4 Å². The van der Waals surface area contributed by atoms with Gasteiger partial charge in [0.25, 0.3) is 0 Å². The van der Waals surface area contributed by atoms with Crippen molar-refractivity contribution in [1.29, 1.82) is 0 Å². The van der Waals surface area contributed by atoms with Crippen LogP contribution >= 0.6 is 0 Å². The molecule has 0 bridgehead atoms. The Kier molecular flexibility index (Phi) is 14.7. The summed E-state index contributed by atoms with van der Waals surface area (Å²) >= 11 is 0. The Balaban J connectivity index is 3.33. The Bertz CT molecular complexity index is 952. The van der Waals surface area contributed by atoms with Crippen LogP contribution in [-0.2, 0) is 23.7 Å². The molecule has 0 aromatic heterocycles. The lowest BCUT2D eigenvalue weighted by Gasteiger charge is -2.25. The normalized spacial score (nSPS) is 14.6. The molecule has 0 radical (unpaired) electrons. The predicted octanol–water partition coefficient (Wildman–Crippen LogP) is 5.54. The van der Waals surface area contributed by atoms with Gasteiger partial charge in [-0.05, 0) is 64.7 Å². The fourth-order valence-electron chi connectivity index (χ4n) is 3.79. The third-order valence-corrected chi connectivity index (χ3v) is 5.63. The standard InChI is InChI=1S/C27H41NO11/c1-7-10-16(4)35-26(32)38-21-13-12-19(15-22(21)39-27(33)36-17(5)11-8-2)20(23(28)24(29)30)14-18(6)37-25(31)34-9-3/h12-13,15-18,20,23H,7-11,14,28H2,1-6H3,(H,29,30)/t16?,17?,18?,20?,23-/m0/s1. The average molecular weight is 556 g/mol. The molecule has 5 atom stereocenters. The van der Waals surface area contributed by atoms with Crippen molar-refractivity contribution < 1.29 is 52.7 Å². The van der Waals surface area contributed by atoms with Gasteiger partial charge in [0.05, 0.1) is 6.61 Å². The van der Waals surface area contributed by atoms with Gasteiger partial charge >= 0.3 is 24.4 Å². The minimum absolute atomic E-state index is 0.000476. The average Bonchev–Trinajstić information content (AvgIpc) is 2.83. The number of carboxylic acids is 1. The largest absolute Gasteiger partial charge is 0.514 e. The van der Waals surface area contributed by atoms with Crippen molar-refractivity contribution in [3.63, 3.8) is 0 Å². The molecule has 0 saturated heterocycles. The van der Waals surface area contributed by atoms with Gasteiger partial charge in [-0.25, -0.2) is 14.4 Å². The van der Waals surface area contributed by atoms with Gasteiger partial charge < -0.3 is 39.3 Å². The van der Waals surface area contributed by atoms with Gasteiger partial charge in [-0.3, -0.25) is 4.79 Å². The second kappa shape index (κ2) is 17.1. The third kappa shape index (κ3) is 12.2. The summed E-state index contributed by atoms with van der Waals surface area (Å²) in [6.07, 6.45) is -1.73. The number of carboxylic acid groups (broad SMARTS) is 1. The lowest BCUT2D eigenvalue weighted by molar-refractivity contribution is -0.139. The van der Waals surface area contributed by atoms with Gasteiger partial charge in [-0.1, -0.05) is 32.8 Å². The van der Waals surface area contributed by atoms with Gasteiger partial charge in [0.2, 0.25) is 0 Å². The summed E-state index contributed by atoms with van der Waals surface area (Å²) in [6.45, 7) is 10.6. The molecule has 0 aliphatic heterocycles.